The number of aliphatic imine (C=N–C) groups is 1. The topological polar surface area (TPSA) is 108 Å². The molecule has 0 unspecified atom stereocenters. The van der Waals surface area contributed by atoms with Crippen LogP contribution in [-0.4, -0.2) is 65.4 Å². The molecule has 1 fully saturated rings. The lowest BCUT2D eigenvalue weighted by Gasteiger charge is -2.40. The summed E-state index contributed by atoms with van der Waals surface area (Å²) in [5.74, 6) is -7.29. The standard InChI is InChI=1S/C24H25F7N4O3S/c1-13(8-16(27)17-9-34-19(10-33-17)38-12-24(30,31)20(28)29)4-5-15(26)14(2)22(3)18-6-7-23(11-25,21(32)35-22)39(18,36)37/h4-5,8-10,18,20H,2,6-7,11-12H2,1,3H3,(H2,32,35)/b13-4+,15-5+,16-8-/t18-,22+,23-/m0/s1. The van der Waals surface area contributed by atoms with Crippen molar-refractivity contribution in [2.45, 2.75) is 54.6 Å². The average Bonchev–Trinajstić information content (AvgIpc) is 3.08. The van der Waals surface area contributed by atoms with Crippen molar-refractivity contribution in [1.29, 1.82) is 0 Å². The maximum absolute atomic E-state index is 15.1. The van der Waals surface area contributed by atoms with E-state index in [4.69, 9.17) is 5.73 Å². The zero-order chi connectivity index (χ0) is 29.4. The first kappa shape index (κ1) is 30.3. The molecule has 214 valence electrons. The highest BCUT2D eigenvalue weighted by atomic mass is 32.2. The molecule has 15 heteroatoms. The number of rotatable bonds is 10. The lowest BCUT2D eigenvalue weighted by atomic mass is 9.87. The third kappa shape index (κ3) is 5.45. The second-order valence-corrected chi connectivity index (χ2v) is 11.8. The number of aromatic nitrogens is 2. The molecule has 2 aliphatic heterocycles. The molecule has 3 atom stereocenters. The van der Waals surface area contributed by atoms with Gasteiger partial charge in [0.2, 0.25) is 5.88 Å². The van der Waals surface area contributed by atoms with Crippen molar-refractivity contribution < 1.29 is 43.9 Å². The van der Waals surface area contributed by atoms with E-state index in [0.29, 0.717) is 0 Å². The number of allylic oxidation sites excluding steroid dienone is 4. The largest absolute Gasteiger partial charge is 0.470 e. The van der Waals surface area contributed by atoms with Crippen LogP contribution in [0.15, 0.2) is 59.2 Å². The van der Waals surface area contributed by atoms with Crippen molar-refractivity contribution in [1.82, 2.24) is 9.97 Å². The summed E-state index contributed by atoms with van der Waals surface area (Å²) in [6.07, 6.45) is 0.593. The molecule has 3 heterocycles. The van der Waals surface area contributed by atoms with Gasteiger partial charge in [0, 0.05) is 5.57 Å². The van der Waals surface area contributed by atoms with Gasteiger partial charge in [-0.15, -0.1) is 0 Å². The van der Waals surface area contributed by atoms with Crippen LogP contribution < -0.4 is 10.5 Å². The van der Waals surface area contributed by atoms with Crippen molar-refractivity contribution in [3.05, 3.63) is 59.9 Å². The Morgan fingerprint density at radius 3 is 2.51 bits per heavy atom. The van der Waals surface area contributed by atoms with E-state index in [0.717, 1.165) is 30.6 Å². The Bertz CT molecular complexity index is 1360. The van der Waals surface area contributed by atoms with Gasteiger partial charge in [-0.2, -0.15) is 8.78 Å². The van der Waals surface area contributed by atoms with Crippen molar-refractivity contribution in [2.75, 3.05) is 13.3 Å². The van der Waals surface area contributed by atoms with E-state index < -0.39 is 74.4 Å². The minimum Gasteiger partial charge on any atom is -0.470 e. The van der Waals surface area contributed by atoms with Crippen LogP contribution in [0.1, 0.15) is 32.4 Å². The van der Waals surface area contributed by atoms with Gasteiger partial charge < -0.3 is 10.5 Å². The summed E-state index contributed by atoms with van der Waals surface area (Å²) in [6, 6.07) is 0. The second kappa shape index (κ2) is 10.7. The first-order valence-corrected chi connectivity index (χ1v) is 12.9. The van der Waals surface area contributed by atoms with E-state index in [9.17, 15) is 34.8 Å². The van der Waals surface area contributed by atoms with Crippen LogP contribution in [0, 0.1) is 0 Å². The molecule has 0 radical (unpaired) electrons. The van der Waals surface area contributed by atoms with Gasteiger partial charge in [-0.1, -0.05) is 12.7 Å². The van der Waals surface area contributed by atoms with E-state index >= 15 is 4.39 Å². The molecule has 1 saturated heterocycles. The molecular weight excluding hydrogens is 557 g/mol. The van der Waals surface area contributed by atoms with E-state index in [1.807, 2.05) is 0 Å². The molecule has 0 saturated carbocycles. The second-order valence-electron chi connectivity index (χ2n) is 9.33. The Hall–Kier alpha value is -3.23. The lowest BCUT2D eigenvalue weighted by molar-refractivity contribution is -0.148. The monoisotopic (exact) mass is 582 g/mol. The number of alkyl halides is 5. The number of amidine groups is 1. The molecule has 1 aromatic rings. The Morgan fingerprint density at radius 2 is 1.95 bits per heavy atom. The molecule has 3 rings (SSSR count). The number of halogens is 7. The summed E-state index contributed by atoms with van der Waals surface area (Å²) in [4.78, 5) is 11.3. The van der Waals surface area contributed by atoms with Crippen LogP contribution in [0.25, 0.3) is 5.83 Å². The minimum atomic E-state index is -4.40. The van der Waals surface area contributed by atoms with Crippen LogP contribution in [0.5, 0.6) is 5.88 Å². The quantitative estimate of drug-likeness (QED) is 0.313. The molecule has 7 nitrogen and oxygen atoms in total. The predicted molar refractivity (Wildman–Crippen MR) is 130 cm³/mol. The number of hydrogen-bond acceptors (Lipinski definition) is 7. The Labute approximate surface area is 220 Å². The molecule has 2 bridgehead atoms. The highest BCUT2D eigenvalue weighted by molar-refractivity contribution is 7.94. The van der Waals surface area contributed by atoms with Crippen molar-refractivity contribution >= 4 is 21.5 Å². The highest BCUT2D eigenvalue weighted by Gasteiger charge is 2.65. The molecule has 1 aromatic heterocycles. The van der Waals surface area contributed by atoms with Gasteiger partial charge in [-0.05, 0) is 44.4 Å². The first-order valence-electron chi connectivity index (χ1n) is 11.4. The van der Waals surface area contributed by atoms with Gasteiger partial charge >= 0.3 is 12.3 Å². The van der Waals surface area contributed by atoms with Crippen LogP contribution in [0.2, 0.25) is 0 Å². The number of ether oxygens (including phenoxy) is 1. The summed E-state index contributed by atoms with van der Waals surface area (Å²) in [7, 11) is -4.12. The number of nitrogens with two attached hydrogens (primary N) is 1. The predicted octanol–water partition coefficient (Wildman–Crippen LogP) is 4.84. The first-order chi connectivity index (χ1) is 18.0. The summed E-state index contributed by atoms with van der Waals surface area (Å²) in [5, 5.41) is -1.23. The molecule has 39 heavy (non-hydrogen) atoms. The summed E-state index contributed by atoms with van der Waals surface area (Å²) >= 11 is 0. The molecule has 2 N–H and O–H groups in total. The fourth-order valence-corrected chi connectivity index (χ4v) is 6.97. The van der Waals surface area contributed by atoms with E-state index in [1.165, 1.54) is 13.8 Å². The third-order valence-corrected chi connectivity index (χ3v) is 9.80. The normalized spacial score (nSPS) is 27.5. The number of sulfone groups is 1. The number of hydrogen-bond donors (Lipinski definition) is 1. The van der Waals surface area contributed by atoms with Crippen LogP contribution in [0.3, 0.4) is 0 Å². The van der Waals surface area contributed by atoms with Crippen LogP contribution in [0.4, 0.5) is 30.7 Å². The van der Waals surface area contributed by atoms with Crippen molar-refractivity contribution in [3.8, 4) is 5.88 Å². The molecule has 0 spiro atoms. The van der Waals surface area contributed by atoms with Gasteiger partial charge in [0.15, 0.2) is 27.0 Å². The van der Waals surface area contributed by atoms with Gasteiger partial charge in [0.25, 0.3) is 0 Å². The van der Waals surface area contributed by atoms with Crippen molar-refractivity contribution in [3.63, 3.8) is 0 Å². The third-order valence-electron chi connectivity index (χ3n) is 6.74. The molecule has 2 aliphatic rings. The van der Waals surface area contributed by atoms with Gasteiger partial charge in [0.1, 0.15) is 29.6 Å². The molecule has 0 aliphatic carbocycles. The Morgan fingerprint density at radius 1 is 1.28 bits per heavy atom. The molecular formula is C24H25F7N4O3S. The maximum Gasteiger partial charge on any atom is 0.340 e. The van der Waals surface area contributed by atoms with Gasteiger partial charge in [-0.3, -0.25) is 4.99 Å². The maximum atomic E-state index is 15.1. The fraction of sp³-hybridized carbons (Fsp3) is 0.458. The fourth-order valence-electron chi connectivity index (χ4n) is 4.30. The van der Waals surface area contributed by atoms with Crippen LogP contribution in [-0.2, 0) is 9.84 Å². The summed E-state index contributed by atoms with van der Waals surface area (Å²) < 4.78 is 122. The average molecular weight is 583 g/mol. The van der Waals surface area contributed by atoms with E-state index in [2.05, 4.69) is 26.3 Å². The lowest BCUT2D eigenvalue weighted by Crippen LogP contribution is -2.59. The highest BCUT2D eigenvalue weighted by Crippen LogP contribution is 2.50. The molecule has 0 amide bonds. The summed E-state index contributed by atoms with van der Waals surface area (Å²) in [6.45, 7) is 3.51. The Balaban J connectivity index is 1.75. The number of fused-ring (bicyclic) bond motifs is 2. The smallest absolute Gasteiger partial charge is 0.340 e. The van der Waals surface area contributed by atoms with Gasteiger partial charge in [0.05, 0.1) is 17.6 Å². The van der Waals surface area contributed by atoms with E-state index in [1.54, 1.807) is 0 Å². The van der Waals surface area contributed by atoms with Gasteiger partial charge in [-0.25, -0.2) is 40.3 Å². The van der Waals surface area contributed by atoms with E-state index in [-0.39, 0.29) is 29.7 Å². The zero-order valence-corrected chi connectivity index (χ0v) is 21.6. The minimum absolute atomic E-state index is 0.0155. The van der Waals surface area contributed by atoms with Crippen LogP contribution >= 0.6 is 0 Å². The summed E-state index contributed by atoms with van der Waals surface area (Å²) in [5.41, 5.74) is 3.67. The van der Waals surface area contributed by atoms with Crippen molar-refractivity contribution in [2.24, 2.45) is 10.7 Å². The number of nitrogens with zero attached hydrogens (tertiary/aromatic N) is 3. The molecule has 0 aromatic carbocycles. The zero-order valence-electron chi connectivity index (χ0n) is 20.8. The SMILES string of the molecule is C=C(\C(F)=C/C=C(C)/C=C(\F)c1cnc(OCC(F)(F)C(F)F)cn1)[C@@]1(C)N=C(N)[C@@]2(CF)CC[C@@H]1S2(=O)=O. The Kier molecular flexibility index (Phi) is 8.35.